The van der Waals surface area contributed by atoms with Gasteiger partial charge in [-0.3, -0.25) is 0 Å². The molecule has 0 radical (unpaired) electrons. The lowest BCUT2D eigenvalue weighted by Gasteiger charge is -2.07. The van der Waals surface area contributed by atoms with Crippen LogP contribution >= 0.6 is 0 Å². The SMILES string of the molecule is Cc1ccc(CN)cc1-c1cncnc1. The molecule has 0 saturated carbocycles. The molecule has 0 spiro atoms. The normalized spacial score (nSPS) is 10.3. The van der Waals surface area contributed by atoms with E-state index in [1.807, 2.05) is 18.5 Å². The third kappa shape index (κ3) is 2.02. The number of aromatic nitrogens is 2. The zero-order chi connectivity index (χ0) is 10.7. The van der Waals surface area contributed by atoms with Crippen molar-refractivity contribution < 1.29 is 0 Å². The van der Waals surface area contributed by atoms with E-state index >= 15 is 0 Å². The van der Waals surface area contributed by atoms with Gasteiger partial charge in [-0.25, -0.2) is 9.97 Å². The van der Waals surface area contributed by atoms with Gasteiger partial charge in [-0.05, 0) is 29.7 Å². The van der Waals surface area contributed by atoms with Crippen LogP contribution in [0.1, 0.15) is 11.1 Å². The summed E-state index contributed by atoms with van der Waals surface area (Å²) in [6, 6.07) is 6.21. The van der Waals surface area contributed by atoms with Crippen molar-refractivity contribution in [3.63, 3.8) is 0 Å². The molecule has 0 unspecified atom stereocenters. The molecule has 0 atom stereocenters. The summed E-state index contributed by atoms with van der Waals surface area (Å²) in [6.07, 6.45) is 5.16. The van der Waals surface area contributed by atoms with Crippen molar-refractivity contribution in [1.29, 1.82) is 0 Å². The molecule has 3 heteroatoms. The molecular weight excluding hydrogens is 186 g/mol. The maximum Gasteiger partial charge on any atom is 0.115 e. The monoisotopic (exact) mass is 199 g/mol. The predicted octanol–water partition coefficient (Wildman–Crippen LogP) is 1.91. The third-order valence-corrected chi connectivity index (χ3v) is 2.41. The molecule has 0 bridgehead atoms. The molecule has 0 aliphatic carbocycles. The van der Waals surface area contributed by atoms with Crippen LogP contribution in [-0.2, 0) is 6.54 Å². The molecule has 2 N–H and O–H groups in total. The van der Waals surface area contributed by atoms with Gasteiger partial charge in [0, 0.05) is 24.5 Å². The molecule has 0 fully saturated rings. The van der Waals surface area contributed by atoms with Gasteiger partial charge in [-0.2, -0.15) is 0 Å². The highest BCUT2D eigenvalue weighted by molar-refractivity contribution is 5.66. The van der Waals surface area contributed by atoms with Crippen LogP contribution in [0, 0.1) is 6.92 Å². The summed E-state index contributed by atoms with van der Waals surface area (Å²) in [5.41, 5.74) is 10.1. The Labute approximate surface area is 89.0 Å². The van der Waals surface area contributed by atoms with Gasteiger partial charge in [0.05, 0.1) is 0 Å². The molecule has 2 rings (SSSR count). The van der Waals surface area contributed by atoms with Crippen molar-refractivity contribution in [2.75, 3.05) is 0 Å². The fraction of sp³-hybridized carbons (Fsp3) is 0.167. The summed E-state index contributed by atoms with van der Waals surface area (Å²) in [6.45, 7) is 2.63. The molecule has 15 heavy (non-hydrogen) atoms. The molecule has 76 valence electrons. The second kappa shape index (κ2) is 4.19. The van der Waals surface area contributed by atoms with Crippen LogP contribution in [0.5, 0.6) is 0 Å². The van der Waals surface area contributed by atoms with E-state index < -0.39 is 0 Å². The number of benzene rings is 1. The molecular formula is C12H13N3. The zero-order valence-corrected chi connectivity index (χ0v) is 8.64. The average Bonchev–Trinajstić information content (AvgIpc) is 2.31. The van der Waals surface area contributed by atoms with Crippen molar-refractivity contribution >= 4 is 0 Å². The second-order valence-corrected chi connectivity index (χ2v) is 3.48. The third-order valence-electron chi connectivity index (χ3n) is 2.41. The molecule has 0 aliphatic heterocycles. The number of rotatable bonds is 2. The maximum absolute atomic E-state index is 5.62. The minimum absolute atomic E-state index is 0.557. The Kier molecular flexibility index (Phi) is 2.74. The Morgan fingerprint density at radius 3 is 2.60 bits per heavy atom. The smallest absolute Gasteiger partial charge is 0.115 e. The Hall–Kier alpha value is -1.74. The minimum Gasteiger partial charge on any atom is -0.326 e. The summed E-state index contributed by atoms with van der Waals surface area (Å²) < 4.78 is 0. The number of nitrogens with zero attached hydrogens (tertiary/aromatic N) is 2. The van der Waals surface area contributed by atoms with Crippen molar-refractivity contribution in [2.45, 2.75) is 13.5 Å². The molecule has 1 aromatic carbocycles. The second-order valence-electron chi connectivity index (χ2n) is 3.48. The van der Waals surface area contributed by atoms with Crippen molar-refractivity contribution in [2.24, 2.45) is 5.73 Å². The summed E-state index contributed by atoms with van der Waals surface area (Å²) in [5, 5.41) is 0. The summed E-state index contributed by atoms with van der Waals surface area (Å²) in [4.78, 5) is 8.03. The molecule has 2 aromatic rings. The Morgan fingerprint density at radius 2 is 1.93 bits per heavy atom. The Morgan fingerprint density at radius 1 is 1.20 bits per heavy atom. The molecule has 0 saturated heterocycles. The summed E-state index contributed by atoms with van der Waals surface area (Å²) >= 11 is 0. The van der Waals surface area contributed by atoms with Crippen LogP contribution in [0.4, 0.5) is 0 Å². The van der Waals surface area contributed by atoms with E-state index in [1.165, 1.54) is 11.9 Å². The van der Waals surface area contributed by atoms with Gasteiger partial charge < -0.3 is 5.73 Å². The maximum atomic E-state index is 5.62. The van der Waals surface area contributed by atoms with Crippen molar-refractivity contribution in [3.05, 3.63) is 48.0 Å². The topological polar surface area (TPSA) is 51.8 Å². The van der Waals surface area contributed by atoms with E-state index in [1.54, 1.807) is 0 Å². The lowest BCUT2D eigenvalue weighted by Crippen LogP contribution is -1.97. The van der Waals surface area contributed by atoms with Crippen LogP contribution in [-0.4, -0.2) is 9.97 Å². The Bertz CT molecular complexity index is 452. The zero-order valence-electron chi connectivity index (χ0n) is 8.64. The lowest BCUT2D eigenvalue weighted by molar-refractivity contribution is 1.07. The first-order valence-electron chi connectivity index (χ1n) is 4.86. The highest BCUT2D eigenvalue weighted by Gasteiger charge is 2.02. The van der Waals surface area contributed by atoms with Gasteiger partial charge in [0.2, 0.25) is 0 Å². The van der Waals surface area contributed by atoms with Gasteiger partial charge in [0.25, 0.3) is 0 Å². The quantitative estimate of drug-likeness (QED) is 0.803. The number of hydrogen-bond acceptors (Lipinski definition) is 3. The van der Waals surface area contributed by atoms with Gasteiger partial charge >= 0.3 is 0 Å². The first-order valence-corrected chi connectivity index (χ1v) is 4.86. The number of aryl methyl sites for hydroxylation is 1. The Balaban J connectivity index is 2.52. The van der Waals surface area contributed by atoms with Gasteiger partial charge in [-0.15, -0.1) is 0 Å². The van der Waals surface area contributed by atoms with Crippen LogP contribution in [0.3, 0.4) is 0 Å². The summed E-state index contributed by atoms with van der Waals surface area (Å²) in [5.74, 6) is 0. The van der Waals surface area contributed by atoms with E-state index in [9.17, 15) is 0 Å². The first kappa shape index (κ1) is 9.80. The number of nitrogens with two attached hydrogens (primary N) is 1. The van der Waals surface area contributed by atoms with Gasteiger partial charge in [0.1, 0.15) is 6.33 Å². The molecule has 1 heterocycles. The van der Waals surface area contributed by atoms with Crippen LogP contribution in [0.25, 0.3) is 11.1 Å². The van der Waals surface area contributed by atoms with E-state index in [0.29, 0.717) is 6.54 Å². The summed E-state index contributed by atoms with van der Waals surface area (Å²) in [7, 11) is 0. The van der Waals surface area contributed by atoms with E-state index in [0.717, 1.165) is 16.7 Å². The highest BCUT2D eigenvalue weighted by atomic mass is 14.8. The lowest BCUT2D eigenvalue weighted by atomic mass is 10.0. The van der Waals surface area contributed by atoms with Crippen molar-refractivity contribution in [1.82, 2.24) is 9.97 Å². The largest absolute Gasteiger partial charge is 0.326 e. The van der Waals surface area contributed by atoms with Crippen LogP contribution in [0.2, 0.25) is 0 Å². The molecule has 3 nitrogen and oxygen atoms in total. The number of hydrogen-bond donors (Lipinski definition) is 1. The van der Waals surface area contributed by atoms with Crippen LogP contribution in [0.15, 0.2) is 36.9 Å². The van der Waals surface area contributed by atoms with E-state index in [-0.39, 0.29) is 0 Å². The van der Waals surface area contributed by atoms with Gasteiger partial charge in [0.15, 0.2) is 0 Å². The van der Waals surface area contributed by atoms with E-state index in [4.69, 9.17) is 5.73 Å². The minimum atomic E-state index is 0.557. The van der Waals surface area contributed by atoms with Crippen LogP contribution < -0.4 is 5.73 Å². The molecule has 0 amide bonds. The first-order chi connectivity index (χ1) is 7.31. The predicted molar refractivity (Wildman–Crippen MR) is 60.1 cm³/mol. The van der Waals surface area contributed by atoms with Gasteiger partial charge in [-0.1, -0.05) is 12.1 Å². The fourth-order valence-electron chi connectivity index (χ4n) is 1.55. The standard InChI is InChI=1S/C12H13N3/c1-9-2-3-10(5-13)4-12(9)11-6-14-8-15-7-11/h2-4,6-8H,5,13H2,1H3. The molecule has 0 aliphatic rings. The van der Waals surface area contributed by atoms with Crippen molar-refractivity contribution in [3.8, 4) is 11.1 Å². The van der Waals surface area contributed by atoms with E-state index in [2.05, 4.69) is 29.0 Å². The fourth-order valence-corrected chi connectivity index (χ4v) is 1.55. The molecule has 1 aromatic heterocycles. The average molecular weight is 199 g/mol. The highest BCUT2D eigenvalue weighted by Crippen LogP contribution is 2.22.